The first-order chi connectivity index (χ1) is 8.16. The van der Waals surface area contributed by atoms with Gasteiger partial charge in [-0.15, -0.1) is 0 Å². The Morgan fingerprint density at radius 1 is 1.29 bits per heavy atom. The number of carbonyl (C=O) groups excluding carboxylic acids is 1. The fraction of sp³-hybridized carbons (Fsp3) is 0. The van der Waals surface area contributed by atoms with Crippen LogP contribution in [0, 0.1) is 0 Å². The molecule has 5 nitrogen and oxygen atoms in total. The Balaban J connectivity index is 2.23. The smallest absolute Gasteiger partial charge is 0.278 e. The standard InChI is InChI=1S/C11H9BN4O/c12-8-6-14-10(13)9(16-8)11(17)15-7-4-2-1-3-5-7/h1-6H,(H2,13,14)(H,15,17). The number of rotatable bonds is 2. The largest absolute Gasteiger partial charge is 0.382 e. The number of carbonyl (C=O) groups is 1. The Bertz CT molecular complexity index is 544. The molecule has 0 unspecified atom stereocenters. The fourth-order valence-corrected chi connectivity index (χ4v) is 1.29. The molecule has 6 heteroatoms. The highest BCUT2D eigenvalue weighted by Gasteiger charge is 2.12. The molecule has 0 aliphatic heterocycles. The second-order valence-corrected chi connectivity index (χ2v) is 3.35. The van der Waals surface area contributed by atoms with Gasteiger partial charge >= 0.3 is 0 Å². The maximum absolute atomic E-state index is 11.8. The maximum atomic E-state index is 11.8. The second kappa shape index (κ2) is 4.65. The van der Waals surface area contributed by atoms with Gasteiger partial charge in [-0.25, -0.2) is 4.98 Å². The normalized spacial score (nSPS) is 9.88. The molecular formula is C11H9BN4O. The molecule has 0 fully saturated rings. The quantitative estimate of drug-likeness (QED) is 0.709. The third-order valence-electron chi connectivity index (χ3n) is 2.07. The van der Waals surface area contributed by atoms with Crippen molar-refractivity contribution in [1.82, 2.24) is 9.97 Å². The minimum Gasteiger partial charge on any atom is -0.382 e. The molecule has 2 rings (SSSR count). The average Bonchev–Trinajstić information content (AvgIpc) is 2.33. The lowest BCUT2D eigenvalue weighted by atomic mass is 10.1. The Hall–Kier alpha value is -2.37. The van der Waals surface area contributed by atoms with E-state index in [0.717, 1.165) is 0 Å². The summed E-state index contributed by atoms with van der Waals surface area (Å²) in [6, 6.07) is 8.99. The third kappa shape index (κ3) is 2.60. The second-order valence-electron chi connectivity index (χ2n) is 3.35. The minimum atomic E-state index is -0.437. The van der Waals surface area contributed by atoms with Crippen molar-refractivity contribution in [2.24, 2.45) is 0 Å². The van der Waals surface area contributed by atoms with Crippen molar-refractivity contribution in [2.45, 2.75) is 0 Å². The van der Waals surface area contributed by atoms with Crippen LogP contribution in [0.1, 0.15) is 10.5 Å². The van der Waals surface area contributed by atoms with E-state index < -0.39 is 5.91 Å². The SMILES string of the molecule is [B]c1cnc(N)c(C(=O)Nc2ccccc2)n1. The summed E-state index contributed by atoms with van der Waals surface area (Å²) in [4.78, 5) is 19.5. The summed E-state index contributed by atoms with van der Waals surface area (Å²) >= 11 is 0. The maximum Gasteiger partial charge on any atom is 0.278 e. The highest BCUT2D eigenvalue weighted by molar-refractivity contribution is 6.30. The van der Waals surface area contributed by atoms with Crippen LogP contribution in [0.25, 0.3) is 0 Å². The zero-order valence-corrected chi connectivity index (χ0v) is 8.92. The van der Waals surface area contributed by atoms with Gasteiger partial charge in [-0.3, -0.25) is 9.78 Å². The van der Waals surface area contributed by atoms with Crippen molar-refractivity contribution in [2.75, 3.05) is 11.1 Å². The lowest BCUT2D eigenvalue weighted by Gasteiger charge is -2.06. The molecule has 2 aromatic rings. The first kappa shape index (κ1) is 11.1. The number of benzene rings is 1. The summed E-state index contributed by atoms with van der Waals surface area (Å²) in [5, 5.41) is 2.65. The van der Waals surface area contributed by atoms with Gasteiger partial charge in [0.15, 0.2) is 11.5 Å². The van der Waals surface area contributed by atoms with Gasteiger partial charge in [0.25, 0.3) is 5.91 Å². The monoisotopic (exact) mass is 224 g/mol. The number of nitrogens with two attached hydrogens (primary N) is 1. The van der Waals surface area contributed by atoms with Crippen LogP contribution in [0.3, 0.4) is 0 Å². The first-order valence-corrected chi connectivity index (χ1v) is 4.91. The van der Waals surface area contributed by atoms with Crippen LogP contribution in [0.2, 0.25) is 0 Å². The predicted molar refractivity (Wildman–Crippen MR) is 66.2 cm³/mol. The number of amides is 1. The number of nitrogen functional groups attached to an aromatic ring is 1. The van der Waals surface area contributed by atoms with E-state index in [0.29, 0.717) is 5.69 Å². The highest BCUT2D eigenvalue weighted by atomic mass is 16.1. The third-order valence-corrected chi connectivity index (χ3v) is 2.07. The molecule has 0 aliphatic carbocycles. The van der Waals surface area contributed by atoms with E-state index in [2.05, 4.69) is 15.3 Å². The number of hydrogen-bond donors (Lipinski definition) is 2. The van der Waals surface area contributed by atoms with Gasteiger partial charge in [-0.1, -0.05) is 18.2 Å². The molecule has 2 radical (unpaired) electrons. The lowest BCUT2D eigenvalue weighted by molar-refractivity contribution is 0.102. The van der Waals surface area contributed by atoms with E-state index in [1.165, 1.54) is 6.20 Å². The minimum absolute atomic E-state index is 0.0221. The number of nitrogens with zero attached hydrogens (tertiary/aromatic N) is 2. The van der Waals surface area contributed by atoms with Gasteiger partial charge in [0, 0.05) is 17.5 Å². The van der Waals surface area contributed by atoms with Crippen molar-refractivity contribution in [3.63, 3.8) is 0 Å². The van der Waals surface area contributed by atoms with Crippen molar-refractivity contribution in [3.8, 4) is 0 Å². The molecule has 1 aromatic carbocycles. The molecule has 0 atom stereocenters. The average molecular weight is 224 g/mol. The molecule has 3 N–H and O–H groups in total. The molecule has 1 aromatic heterocycles. The molecule has 0 saturated carbocycles. The summed E-state index contributed by atoms with van der Waals surface area (Å²) < 4.78 is 0. The molecule has 0 spiro atoms. The van der Waals surface area contributed by atoms with Crippen LogP contribution in [0.5, 0.6) is 0 Å². The number of nitrogens with one attached hydrogen (secondary N) is 1. The van der Waals surface area contributed by atoms with Crippen LogP contribution in [0.15, 0.2) is 36.5 Å². The molecule has 0 saturated heterocycles. The molecule has 82 valence electrons. The lowest BCUT2D eigenvalue weighted by Crippen LogP contribution is -2.22. The fourth-order valence-electron chi connectivity index (χ4n) is 1.29. The van der Waals surface area contributed by atoms with Crippen molar-refractivity contribution < 1.29 is 4.79 Å². The molecule has 1 amide bonds. The van der Waals surface area contributed by atoms with Crippen LogP contribution in [0.4, 0.5) is 11.5 Å². The van der Waals surface area contributed by atoms with Gasteiger partial charge in [0.05, 0.1) is 0 Å². The Kier molecular flexibility index (Phi) is 3.04. The summed E-state index contributed by atoms with van der Waals surface area (Å²) in [5.74, 6) is -0.388. The number of anilines is 2. The first-order valence-electron chi connectivity index (χ1n) is 4.91. The van der Waals surface area contributed by atoms with Gasteiger partial charge in [0.1, 0.15) is 7.85 Å². The number of para-hydroxylation sites is 1. The van der Waals surface area contributed by atoms with Gasteiger partial charge < -0.3 is 11.1 Å². The highest BCUT2D eigenvalue weighted by Crippen LogP contribution is 2.09. The zero-order valence-electron chi connectivity index (χ0n) is 8.92. The van der Waals surface area contributed by atoms with E-state index >= 15 is 0 Å². The Morgan fingerprint density at radius 2 is 2.00 bits per heavy atom. The molecular weight excluding hydrogens is 215 g/mol. The van der Waals surface area contributed by atoms with Crippen molar-refractivity contribution in [1.29, 1.82) is 0 Å². The number of hydrogen-bond acceptors (Lipinski definition) is 4. The summed E-state index contributed by atoms with van der Waals surface area (Å²) in [7, 11) is 5.45. The summed E-state index contributed by atoms with van der Waals surface area (Å²) in [5.41, 5.74) is 6.38. The van der Waals surface area contributed by atoms with Crippen LogP contribution in [-0.4, -0.2) is 23.7 Å². The van der Waals surface area contributed by atoms with Crippen LogP contribution in [-0.2, 0) is 0 Å². The van der Waals surface area contributed by atoms with Crippen molar-refractivity contribution in [3.05, 3.63) is 42.2 Å². The van der Waals surface area contributed by atoms with Gasteiger partial charge in [-0.05, 0) is 12.1 Å². The number of aromatic nitrogens is 2. The zero-order chi connectivity index (χ0) is 12.3. The van der Waals surface area contributed by atoms with E-state index in [-0.39, 0.29) is 17.1 Å². The predicted octanol–water partition coefficient (Wildman–Crippen LogP) is 0.105. The van der Waals surface area contributed by atoms with Crippen LogP contribution >= 0.6 is 0 Å². The molecule has 0 aliphatic rings. The van der Waals surface area contributed by atoms with E-state index in [4.69, 9.17) is 13.6 Å². The van der Waals surface area contributed by atoms with Gasteiger partial charge in [0.2, 0.25) is 0 Å². The Labute approximate surface area is 99.5 Å². The molecule has 17 heavy (non-hydrogen) atoms. The van der Waals surface area contributed by atoms with Gasteiger partial charge in [-0.2, -0.15) is 0 Å². The topological polar surface area (TPSA) is 80.9 Å². The van der Waals surface area contributed by atoms with E-state index in [1.54, 1.807) is 12.1 Å². The van der Waals surface area contributed by atoms with E-state index in [1.807, 2.05) is 18.2 Å². The van der Waals surface area contributed by atoms with E-state index in [9.17, 15) is 4.79 Å². The summed E-state index contributed by atoms with van der Waals surface area (Å²) in [6.07, 6.45) is 1.30. The molecule has 0 bridgehead atoms. The summed E-state index contributed by atoms with van der Waals surface area (Å²) in [6.45, 7) is 0. The Morgan fingerprint density at radius 3 is 2.71 bits per heavy atom. The van der Waals surface area contributed by atoms with Crippen molar-refractivity contribution >= 4 is 30.9 Å². The molecule has 1 heterocycles. The van der Waals surface area contributed by atoms with Crippen LogP contribution < -0.4 is 16.6 Å².